The van der Waals surface area contributed by atoms with E-state index in [1.54, 1.807) is 7.11 Å². The molecular formula is C15H23NO3. The first-order valence-corrected chi connectivity index (χ1v) is 6.96. The molecular weight excluding hydrogens is 242 g/mol. The molecule has 1 fully saturated rings. The fourth-order valence-corrected chi connectivity index (χ4v) is 2.29. The number of hydrogen-bond donors (Lipinski definition) is 1. The van der Waals surface area contributed by atoms with E-state index < -0.39 is 0 Å². The lowest BCUT2D eigenvalue weighted by atomic mass is 10.0. The van der Waals surface area contributed by atoms with Crippen molar-refractivity contribution in [2.24, 2.45) is 5.92 Å². The lowest BCUT2D eigenvalue weighted by molar-refractivity contribution is 0.0595. The van der Waals surface area contributed by atoms with Crippen molar-refractivity contribution in [2.75, 3.05) is 38.8 Å². The van der Waals surface area contributed by atoms with Crippen LogP contribution in [-0.2, 0) is 4.74 Å². The van der Waals surface area contributed by atoms with Crippen molar-refractivity contribution in [3.8, 4) is 11.5 Å². The lowest BCUT2D eigenvalue weighted by Gasteiger charge is -2.23. The standard InChI is InChI=1S/C15H23NO3/c1-3-19-15-9-13(6-7-14(15)17-2)16-10-12-5-4-8-18-11-12/h6-7,9,12,16H,3-5,8,10-11H2,1-2H3. The third-order valence-electron chi connectivity index (χ3n) is 3.31. The molecule has 4 nitrogen and oxygen atoms in total. The number of methoxy groups -OCH3 is 1. The van der Waals surface area contributed by atoms with Gasteiger partial charge in [0, 0.05) is 24.9 Å². The van der Waals surface area contributed by atoms with E-state index in [9.17, 15) is 0 Å². The summed E-state index contributed by atoms with van der Waals surface area (Å²) in [6.45, 7) is 5.32. The number of nitrogens with one attached hydrogen (secondary N) is 1. The van der Waals surface area contributed by atoms with E-state index in [1.165, 1.54) is 12.8 Å². The molecule has 19 heavy (non-hydrogen) atoms. The fourth-order valence-electron chi connectivity index (χ4n) is 2.29. The van der Waals surface area contributed by atoms with Crippen LogP contribution in [0.15, 0.2) is 18.2 Å². The quantitative estimate of drug-likeness (QED) is 0.858. The van der Waals surface area contributed by atoms with Gasteiger partial charge in [0.1, 0.15) is 0 Å². The zero-order chi connectivity index (χ0) is 13.5. The molecule has 1 unspecified atom stereocenters. The van der Waals surface area contributed by atoms with Crippen LogP contribution in [0.5, 0.6) is 11.5 Å². The molecule has 0 spiro atoms. The molecule has 1 aliphatic heterocycles. The maximum atomic E-state index is 5.57. The summed E-state index contributed by atoms with van der Waals surface area (Å²) >= 11 is 0. The molecule has 106 valence electrons. The molecule has 1 N–H and O–H groups in total. The van der Waals surface area contributed by atoms with Crippen LogP contribution in [0.3, 0.4) is 0 Å². The van der Waals surface area contributed by atoms with Crippen LogP contribution < -0.4 is 14.8 Å². The van der Waals surface area contributed by atoms with E-state index in [0.717, 1.165) is 36.9 Å². The molecule has 1 aliphatic rings. The highest BCUT2D eigenvalue weighted by molar-refractivity contribution is 5.54. The average Bonchev–Trinajstić information content (AvgIpc) is 2.47. The molecule has 1 atom stereocenters. The summed E-state index contributed by atoms with van der Waals surface area (Å²) in [5.74, 6) is 2.16. The zero-order valence-corrected chi connectivity index (χ0v) is 11.8. The van der Waals surface area contributed by atoms with E-state index in [1.807, 2.05) is 25.1 Å². The van der Waals surface area contributed by atoms with Crippen molar-refractivity contribution in [1.82, 2.24) is 0 Å². The first-order valence-electron chi connectivity index (χ1n) is 6.96. The average molecular weight is 265 g/mol. The molecule has 0 aromatic heterocycles. The Morgan fingerprint density at radius 2 is 2.26 bits per heavy atom. The normalized spacial score (nSPS) is 18.9. The molecule has 0 amide bonds. The van der Waals surface area contributed by atoms with Crippen molar-refractivity contribution in [3.63, 3.8) is 0 Å². The Bertz CT molecular complexity index is 389. The molecule has 1 aromatic rings. The molecule has 2 rings (SSSR count). The second-order valence-electron chi connectivity index (χ2n) is 4.76. The number of hydrogen-bond acceptors (Lipinski definition) is 4. The SMILES string of the molecule is CCOc1cc(NCC2CCCOC2)ccc1OC. The Labute approximate surface area is 115 Å². The van der Waals surface area contributed by atoms with Crippen LogP contribution in [-0.4, -0.2) is 33.5 Å². The van der Waals surface area contributed by atoms with Gasteiger partial charge >= 0.3 is 0 Å². The van der Waals surface area contributed by atoms with Gasteiger partial charge in [-0.05, 0) is 37.8 Å². The van der Waals surface area contributed by atoms with Gasteiger partial charge in [0.2, 0.25) is 0 Å². The minimum atomic E-state index is 0.603. The molecule has 4 heteroatoms. The van der Waals surface area contributed by atoms with Crippen molar-refractivity contribution in [1.29, 1.82) is 0 Å². The van der Waals surface area contributed by atoms with Gasteiger partial charge in [-0.1, -0.05) is 0 Å². The van der Waals surface area contributed by atoms with Crippen molar-refractivity contribution >= 4 is 5.69 Å². The zero-order valence-electron chi connectivity index (χ0n) is 11.8. The lowest BCUT2D eigenvalue weighted by Crippen LogP contribution is -2.24. The van der Waals surface area contributed by atoms with Gasteiger partial charge in [-0.3, -0.25) is 0 Å². The van der Waals surface area contributed by atoms with E-state index >= 15 is 0 Å². The van der Waals surface area contributed by atoms with Gasteiger partial charge in [0.05, 0.1) is 20.3 Å². The first kappa shape index (κ1) is 14.0. The number of benzene rings is 1. The summed E-state index contributed by atoms with van der Waals surface area (Å²) in [6, 6.07) is 5.95. The van der Waals surface area contributed by atoms with Gasteiger partial charge in [-0.15, -0.1) is 0 Å². The Morgan fingerprint density at radius 3 is 2.95 bits per heavy atom. The molecule has 0 bridgehead atoms. The van der Waals surface area contributed by atoms with Crippen LogP contribution in [0.4, 0.5) is 5.69 Å². The maximum Gasteiger partial charge on any atom is 0.163 e. The van der Waals surface area contributed by atoms with E-state index in [4.69, 9.17) is 14.2 Å². The maximum absolute atomic E-state index is 5.57. The smallest absolute Gasteiger partial charge is 0.163 e. The van der Waals surface area contributed by atoms with Crippen molar-refractivity contribution < 1.29 is 14.2 Å². The van der Waals surface area contributed by atoms with Crippen molar-refractivity contribution in [2.45, 2.75) is 19.8 Å². The molecule has 1 heterocycles. The topological polar surface area (TPSA) is 39.7 Å². The first-order chi connectivity index (χ1) is 9.33. The van der Waals surface area contributed by atoms with Gasteiger partial charge in [0.15, 0.2) is 11.5 Å². The van der Waals surface area contributed by atoms with E-state index in [0.29, 0.717) is 12.5 Å². The van der Waals surface area contributed by atoms with Crippen LogP contribution in [0.2, 0.25) is 0 Å². The third kappa shape index (κ3) is 4.03. The van der Waals surface area contributed by atoms with Gasteiger partial charge < -0.3 is 19.5 Å². The third-order valence-corrected chi connectivity index (χ3v) is 3.31. The second-order valence-corrected chi connectivity index (χ2v) is 4.76. The van der Waals surface area contributed by atoms with Crippen LogP contribution in [0.1, 0.15) is 19.8 Å². The molecule has 1 aromatic carbocycles. The summed E-state index contributed by atoms with van der Waals surface area (Å²) in [7, 11) is 1.66. The molecule has 0 radical (unpaired) electrons. The Balaban J connectivity index is 1.93. The van der Waals surface area contributed by atoms with E-state index in [2.05, 4.69) is 5.32 Å². The Morgan fingerprint density at radius 1 is 1.37 bits per heavy atom. The minimum Gasteiger partial charge on any atom is -0.493 e. The van der Waals surface area contributed by atoms with Gasteiger partial charge in [-0.2, -0.15) is 0 Å². The van der Waals surface area contributed by atoms with Gasteiger partial charge in [-0.25, -0.2) is 0 Å². The van der Waals surface area contributed by atoms with Crippen LogP contribution in [0.25, 0.3) is 0 Å². The predicted molar refractivity (Wildman–Crippen MR) is 76.2 cm³/mol. The monoisotopic (exact) mass is 265 g/mol. The summed E-state index contributed by atoms with van der Waals surface area (Å²) in [6.07, 6.45) is 2.40. The minimum absolute atomic E-state index is 0.603. The van der Waals surface area contributed by atoms with Crippen molar-refractivity contribution in [3.05, 3.63) is 18.2 Å². The second kappa shape index (κ2) is 7.24. The largest absolute Gasteiger partial charge is 0.493 e. The number of rotatable bonds is 6. The summed E-state index contributed by atoms with van der Waals surface area (Å²) in [5, 5.41) is 3.45. The highest BCUT2D eigenvalue weighted by Gasteiger charge is 2.13. The molecule has 0 aliphatic carbocycles. The van der Waals surface area contributed by atoms with Gasteiger partial charge in [0.25, 0.3) is 0 Å². The summed E-state index contributed by atoms with van der Waals surface area (Å²) in [5.41, 5.74) is 1.06. The van der Waals surface area contributed by atoms with Crippen LogP contribution >= 0.6 is 0 Å². The highest BCUT2D eigenvalue weighted by atomic mass is 16.5. The number of anilines is 1. The summed E-state index contributed by atoms with van der Waals surface area (Å²) < 4.78 is 16.3. The molecule has 0 saturated carbocycles. The Hall–Kier alpha value is -1.42. The summed E-state index contributed by atoms with van der Waals surface area (Å²) in [4.78, 5) is 0. The molecule has 1 saturated heterocycles. The Kier molecular flexibility index (Phi) is 5.33. The van der Waals surface area contributed by atoms with Crippen LogP contribution in [0, 0.1) is 5.92 Å². The van der Waals surface area contributed by atoms with E-state index in [-0.39, 0.29) is 0 Å². The predicted octanol–water partition coefficient (Wildman–Crippen LogP) is 2.93. The fraction of sp³-hybridized carbons (Fsp3) is 0.600. The number of ether oxygens (including phenoxy) is 3. The highest BCUT2D eigenvalue weighted by Crippen LogP contribution is 2.30.